The molecule has 1 aliphatic carbocycles. The standard InChI is InChI=1S/C33H33NO/c1-20(2)18-33(19-21(3)4)27-11-7-6-10-23(27)25-16-26-24-14-13-22(5)31(29-12-8-9-15-34-29)32(24)35-30(26)17-28(25)33/h6-17,20-21H,18-19H2,1-5H3. The molecule has 176 valence electrons. The van der Waals surface area contributed by atoms with Crippen molar-refractivity contribution in [2.45, 2.75) is 52.9 Å². The first-order valence-corrected chi connectivity index (χ1v) is 12.9. The van der Waals surface area contributed by atoms with Crippen molar-refractivity contribution in [1.29, 1.82) is 0 Å². The van der Waals surface area contributed by atoms with Gasteiger partial charge in [0.2, 0.25) is 0 Å². The number of pyridine rings is 1. The van der Waals surface area contributed by atoms with Crippen molar-refractivity contribution >= 4 is 21.9 Å². The van der Waals surface area contributed by atoms with Crippen LogP contribution >= 0.6 is 0 Å². The van der Waals surface area contributed by atoms with Crippen molar-refractivity contribution < 1.29 is 4.42 Å². The molecule has 6 rings (SSSR count). The summed E-state index contributed by atoms with van der Waals surface area (Å²) in [6.45, 7) is 11.5. The average Bonchev–Trinajstić information content (AvgIpc) is 3.31. The summed E-state index contributed by atoms with van der Waals surface area (Å²) in [5, 5.41) is 2.35. The van der Waals surface area contributed by atoms with E-state index in [1.807, 2.05) is 18.3 Å². The Morgan fingerprint density at radius 3 is 2.23 bits per heavy atom. The van der Waals surface area contributed by atoms with Gasteiger partial charge in [0.15, 0.2) is 0 Å². The summed E-state index contributed by atoms with van der Waals surface area (Å²) in [5.74, 6) is 1.19. The number of benzene rings is 3. The second kappa shape index (κ2) is 8.09. The quantitative estimate of drug-likeness (QED) is 0.262. The highest BCUT2D eigenvalue weighted by Crippen LogP contribution is 2.56. The van der Waals surface area contributed by atoms with Gasteiger partial charge in [-0.2, -0.15) is 0 Å². The molecule has 0 unspecified atom stereocenters. The molecule has 2 nitrogen and oxygen atoms in total. The van der Waals surface area contributed by atoms with E-state index in [1.165, 1.54) is 33.2 Å². The maximum absolute atomic E-state index is 6.71. The number of rotatable bonds is 5. The number of aromatic nitrogens is 1. The molecule has 1 aliphatic rings. The highest BCUT2D eigenvalue weighted by molar-refractivity contribution is 6.11. The van der Waals surface area contributed by atoms with Crippen LogP contribution in [0.1, 0.15) is 57.2 Å². The van der Waals surface area contributed by atoms with Crippen LogP contribution in [-0.4, -0.2) is 4.98 Å². The van der Waals surface area contributed by atoms with Crippen LogP contribution in [0.15, 0.2) is 77.3 Å². The van der Waals surface area contributed by atoms with E-state index in [-0.39, 0.29) is 5.41 Å². The maximum atomic E-state index is 6.71. The summed E-state index contributed by atoms with van der Waals surface area (Å²) in [7, 11) is 0. The van der Waals surface area contributed by atoms with Crippen molar-refractivity contribution in [2.75, 3.05) is 0 Å². The van der Waals surface area contributed by atoms with E-state index in [0.717, 1.165) is 40.7 Å². The molecule has 0 spiro atoms. The van der Waals surface area contributed by atoms with E-state index in [1.54, 1.807) is 0 Å². The summed E-state index contributed by atoms with van der Waals surface area (Å²) in [5.41, 5.74) is 10.8. The molecule has 2 heterocycles. The van der Waals surface area contributed by atoms with Crippen LogP contribution in [-0.2, 0) is 5.41 Å². The molecule has 35 heavy (non-hydrogen) atoms. The Balaban J connectivity index is 1.68. The highest BCUT2D eigenvalue weighted by atomic mass is 16.3. The van der Waals surface area contributed by atoms with E-state index < -0.39 is 0 Å². The Bertz CT molecular complexity index is 1550. The van der Waals surface area contributed by atoms with E-state index in [2.05, 4.69) is 94.2 Å². The van der Waals surface area contributed by atoms with Crippen LogP contribution < -0.4 is 0 Å². The largest absolute Gasteiger partial charge is 0.455 e. The van der Waals surface area contributed by atoms with Crippen LogP contribution in [0, 0.1) is 18.8 Å². The van der Waals surface area contributed by atoms with Gasteiger partial charge in [0.1, 0.15) is 11.2 Å². The van der Waals surface area contributed by atoms with Crippen LogP contribution in [0.2, 0.25) is 0 Å². The zero-order chi connectivity index (χ0) is 24.3. The number of furan rings is 1. The number of hydrogen-bond acceptors (Lipinski definition) is 2. The van der Waals surface area contributed by atoms with Crippen LogP contribution in [0.3, 0.4) is 0 Å². The summed E-state index contributed by atoms with van der Waals surface area (Å²) in [6, 6.07) is 24.3. The third-order valence-corrected chi connectivity index (χ3v) is 7.67. The first kappa shape index (κ1) is 22.1. The molecule has 2 heteroatoms. The SMILES string of the molecule is Cc1ccc2c(oc3cc4c(cc32)-c2ccccc2C4(CC(C)C)CC(C)C)c1-c1ccccn1. The normalized spacial score (nSPS) is 14.3. The monoisotopic (exact) mass is 459 g/mol. The second-order valence-electron chi connectivity index (χ2n) is 11.2. The van der Waals surface area contributed by atoms with E-state index in [9.17, 15) is 0 Å². The van der Waals surface area contributed by atoms with Crippen molar-refractivity contribution in [3.05, 3.63) is 89.6 Å². The van der Waals surface area contributed by atoms with Gasteiger partial charge in [-0.1, -0.05) is 70.2 Å². The predicted octanol–water partition coefficient (Wildman–Crippen LogP) is 9.32. The van der Waals surface area contributed by atoms with Gasteiger partial charge < -0.3 is 4.42 Å². The average molecular weight is 460 g/mol. The Labute approximate surface area is 208 Å². The third kappa shape index (κ3) is 3.34. The van der Waals surface area contributed by atoms with Gasteiger partial charge in [-0.15, -0.1) is 0 Å². The van der Waals surface area contributed by atoms with E-state index >= 15 is 0 Å². The Morgan fingerprint density at radius 1 is 0.771 bits per heavy atom. The van der Waals surface area contributed by atoms with Crippen LogP contribution in [0.5, 0.6) is 0 Å². The Morgan fingerprint density at radius 2 is 1.51 bits per heavy atom. The lowest BCUT2D eigenvalue weighted by Gasteiger charge is -2.35. The first-order chi connectivity index (χ1) is 16.9. The zero-order valence-corrected chi connectivity index (χ0v) is 21.4. The fraction of sp³-hybridized carbons (Fsp3) is 0.303. The minimum atomic E-state index is 0.0150. The third-order valence-electron chi connectivity index (χ3n) is 7.67. The summed E-state index contributed by atoms with van der Waals surface area (Å²) >= 11 is 0. The van der Waals surface area contributed by atoms with Gasteiger partial charge in [0, 0.05) is 27.9 Å². The molecule has 0 atom stereocenters. The Kier molecular flexibility index (Phi) is 5.11. The minimum Gasteiger partial charge on any atom is -0.455 e. The molecule has 0 bridgehead atoms. The lowest BCUT2D eigenvalue weighted by atomic mass is 9.68. The topological polar surface area (TPSA) is 26.0 Å². The van der Waals surface area contributed by atoms with Crippen molar-refractivity contribution in [3.8, 4) is 22.4 Å². The maximum Gasteiger partial charge on any atom is 0.145 e. The number of fused-ring (bicyclic) bond motifs is 6. The van der Waals surface area contributed by atoms with Gasteiger partial charge in [-0.3, -0.25) is 4.98 Å². The number of aryl methyl sites for hydroxylation is 1. The molecule has 0 N–H and O–H groups in total. The number of nitrogens with zero attached hydrogens (tertiary/aromatic N) is 1. The molecule has 2 aromatic heterocycles. The molecular weight excluding hydrogens is 426 g/mol. The molecule has 0 aliphatic heterocycles. The van der Waals surface area contributed by atoms with Crippen LogP contribution in [0.4, 0.5) is 0 Å². The van der Waals surface area contributed by atoms with Crippen LogP contribution in [0.25, 0.3) is 44.3 Å². The van der Waals surface area contributed by atoms with Gasteiger partial charge in [-0.05, 0) is 83.7 Å². The fourth-order valence-electron chi connectivity index (χ4n) is 6.63. The molecule has 0 amide bonds. The Hall–Kier alpha value is -3.39. The van der Waals surface area contributed by atoms with Crippen molar-refractivity contribution in [2.24, 2.45) is 11.8 Å². The van der Waals surface area contributed by atoms with Crippen molar-refractivity contribution in [1.82, 2.24) is 4.98 Å². The smallest absolute Gasteiger partial charge is 0.145 e. The second-order valence-corrected chi connectivity index (χ2v) is 11.2. The predicted molar refractivity (Wildman–Crippen MR) is 147 cm³/mol. The number of hydrogen-bond donors (Lipinski definition) is 0. The summed E-state index contributed by atoms with van der Waals surface area (Å²) in [6.07, 6.45) is 4.13. The van der Waals surface area contributed by atoms with Gasteiger partial charge in [0.05, 0.1) is 5.69 Å². The highest BCUT2D eigenvalue weighted by Gasteiger charge is 2.44. The minimum absolute atomic E-state index is 0.0150. The molecule has 0 saturated heterocycles. The molecule has 5 aromatic rings. The van der Waals surface area contributed by atoms with Gasteiger partial charge in [0.25, 0.3) is 0 Å². The first-order valence-electron chi connectivity index (χ1n) is 12.9. The summed E-state index contributed by atoms with van der Waals surface area (Å²) in [4.78, 5) is 4.65. The fourth-order valence-corrected chi connectivity index (χ4v) is 6.63. The lowest BCUT2D eigenvalue weighted by Crippen LogP contribution is -2.29. The zero-order valence-electron chi connectivity index (χ0n) is 21.4. The molecule has 3 aromatic carbocycles. The van der Waals surface area contributed by atoms with Gasteiger partial charge in [-0.25, -0.2) is 0 Å². The lowest BCUT2D eigenvalue weighted by molar-refractivity contribution is 0.337. The molecule has 0 fully saturated rings. The van der Waals surface area contributed by atoms with E-state index in [0.29, 0.717) is 11.8 Å². The van der Waals surface area contributed by atoms with Crippen molar-refractivity contribution in [3.63, 3.8) is 0 Å². The summed E-state index contributed by atoms with van der Waals surface area (Å²) < 4.78 is 6.71. The van der Waals surface area contributed by atoms with E-state index in [4.69, 9.17) is 4.42 Å². The molecule has 0 saturated carbocycles. The molecule has 0 radical (unpaired) electrons. The molecular formula is C33H33NO. The van der Waals surface area contributed by atoms with Gasteiger partial charge >= 0.3 is 0 Å².